The Morgan fingerprint density at radius 3 is 2.95 bits per heavy atom. The number of aryl methyl sites for hydroxylation is 1. The molecule has 1 unspecified atom stereocenters. The SMILES string of the molecule is Cc1ccnc(N)c1C(O)c1cnc2ccsc2c1. The average molecular weight is 271 g/mol. The van der Waals surface area contributed by atoms with Gasteiger partial charge in [0.05, 0.1) is 10.2 Å². The quantitative estimate of drug-likeness (QED) is 0.751. The van der Waals surface area contributed by atoms with E-state index in [1.807, 2.05) is 30.5 Å². The number of pyridine rings is 2. The minimum Gasteiger partial charge on any atom is -0.383 e. The van der Waals surface area contributed by atoms with Gasteiger partial charge in [0.2, 0.25) is 0 Å². The zero-order valence-electron chi connectivity index (χ0n) is 10.4. The Morgan fingerprint density at radius 1 is 1.32 bits per heavy atom. The van der Waals surface area contributed by atoms with Crippen LogP contribution in [-0.4, -0.2) is 15.1 Å². The molecule has 3 aromatic heterocycles. The summed E-state index contributed by atoms with van der Waals surface area (Å²) >= 11 is 1.60. The van der Waals surface area contributed by atoms with Gasteiger partial charge in [0.25, 0.3) is 0 Å². The lowest BCUT2D eigenvalue weighted by atomic mass is 9.99. The van der Waals surface area contributed by atoms with Gasteiger partial charge in [0.1, 0.15) is 11.9 Å². The van der Waals surface area contributed by atoms with Crippen molar-refractivity contribution < 1.29 is 5.11 Å². The van der Waals surface area contributed by atoms with E-state index in [0.29, 0.717) is 11.4 Å². The number of nitrogens with two attached hydrogens (primary N) is 1. The molecular weight excluding hydrogens is 258 g/mol. The molecule has 0 spiro atoms. The number of aliphatic hydroxyl groups is 1. The number of nitrogens with zero attached hydrogens (tertiary/aromatic N) is 2. The molecule has 3 rings (SSSR count). The van der Waals surface area contributed by atoms with Gasteiger partial charge in [0.15, 0.2) is 0 Å². The van der Waals surface area contributed by atoms with E-state index in [1.165, 1.54) is 0 Å². The first-order valence-electron chi connectivity index (χ1n) is 5.89. The topological polar surface area (TPSA) is 72.0 Å². The molecule has 0 saturated carbocycles. The molecule has 0 saturated heterocycles. The Hall–Kier alpha value is -1.98. The fraction of sp³-hybridized carbons (Fsp3) is 0.143. The van der Waals surface area contributed by atoms with Crippen molar-refractivity contribution in [2.45, 2.75) is 13.0 Å². The Labute approximate surface area is 114 Å². The van der Waals surface area contributed by atoms with Crippen LogP contribution >= 0.6 is 11.3 Å². The molecule has 19 heavy (non-hydrogen) atoms. The summed E-state index contributed by atoms with van der Waals surface area (Å²) in [6, 6.07) is 5.75. The predicted molar refractivity (Wildman–Crippen MR) is 77.1 cm³/mol. The zero-order valence-corrected chi connectivity index (χ0v) is 11.2. The van der Waals surface area contributed by atoms with Crippen LogP contribution in [0.15, 0.2) is 36.0 Å². The second-order valence-corrected chi connectivity index (χ2v) is 5.35. The molecule has 1 atom stereocenters. The smallest absolute Gasteiger partial charge is 0.129 e. The lowest BCUT2D eigenvalue weighted by Crippen LogP contribution is -2.07. The average Bonchev–Trinajstić information content (AvgIpc) is 2.85. The van der Waals surface area contributed by atoms with Crippen LogP contribution in [-0.2, 0) is 0 Å². The third kappa shape index (κ3) is 2.07. The van der Waals surface area contributed by atoms with Gasteiger partial charge in [-0.25, -0.2) is 4.98 Å². The summed E-state index contributed by atoms with van der Waals surface area (Å²) in [6.45, 7) is 1.91. The van der Waals surface area contributed by atoms with E-state index in [4.69, 9.17) is 5.73 Å². The van der Waals surface area contributed by atoms with Crippen molar-refractivity contribution in [2.75, 3.05) is 5.73 Å². The third-order valence-corrected chi connectivity index (χ3v) is 4.01. The number of fused-ring (bicyclic) bond motifs is 1. The second kappa shape index (κ2) is 4.60. The highest BCUT2D eigenvalue weighted by atomic mass is 32.1. The Kier molecular flexibility index (Phi) is 2.93. The van der Waals surface area contributed by atoms with Crippen molar-refractivity contribution in [3.05, 3.63) is 52.7 Å². The lowest BCUT2D eigenvalue weighted by molar-refractivity contribution is 0.220. The second-order valence-electron chi connectivity index (χ2n) is 4.40. The van der Waals surface area contributed by atoms with E-state index in [1.54, 1.807) is 23.7 Å². The molecule has 5 heteroatoms. The molecule has 0 aliphatic heterocycles. The first-order chi connectivity index (χ1) is 9.16. The number of aliphatic hydroxyl groups excluding tert-OH is 1. The van der Waals surface area contributed by atoms with E-state index in [-0.39, 0.29) is 0 Å². The number of hydrogen-bond acceptors (Lipinski definition) is 5. The van der Waals surface area contributed by atoms with Crippen molar-refractivity contribution in [1.29, 1.82) is 0 Å². The molecule has 0 fully saturated rings. The molecule has 96 valence electrons. The normalized spacial score (nSPS) is 12.7. The van der Waals surface area contributed by atoms with Crippen LogP contribution in [0.5, 0.6) is 0 Å². The maximum Gasteiger partial charge on any atom is 0.129 e. The van der Waals surface area contributed by atoms with E-state index in [0.717, 1.165) is 21.3 Å². The van der Waals surface area contributed by atoms with Crippen LogP contribution in [0.25, 0.3) is 10.2 Å². The van der Waals surface area contributed by atoms with Crippen molar-refractivity contribution in [1.82, 2.24) is 9.97 Å². The minimum absolute atomic E-state index is 0.360. The van der Waals surface area contributed by atoms with E-state index >= 15 is 0 Å². The lowest BCUT2D eigenvalue weighted by Gasteiger charge is -2.15. The summed E-state index contributed by atoms with van der Waals surface area (Å²) in [6.07, 6.45) is 2.53. The summed E-state index contributed by atoms with van der Waals surface area (Å²) in [4.78, 5) is 8.38. The molecule has 0 aliphatic carbocycles. The number of hydrogen-bond donors (Lipinski definition) is 2. The number of nitrogen functional groups attached to an aromatic ring is 1. The Morgan fingerprint density at radius 2 is 2.16 bits per heavy atom. The van der Waals surface area contributed by atoms with Gasteiger partial charge in [-0.1, -0.05) is 0 Å². The maximum atomic E-state index is 10.5. The van der Waals surface area contributed by atoms with Crippen molar-refractivity contribution >= 4 is 27.4 Å². The summed E-state index contributed by atoms with van der Waals surface area (Å²) in [5.74, 6) is 0.360. The molecule has 3 N–H and O–H groups in total. The minimum atomic E-state index is -0.798. The molecular formula is C14H13N3OS. The zero-order chi connectivity index (χ0) is 13.4. The molecule has 0 amide bonds. The van der Waals surface area contributed by atoms with Crippen molar-refractivity contribution in [3.63, 3.8) is 0 Å². The van der Waals surface area contributed by atoms with Gasteiger partial charge in [0, 0.05) is 23.5 Å². The van der Waals surface area contributed by atoms with Crippen LogP contribution in [0.2, 0.25) is 0 Å². The largest absolute Gasteiger partial charge is 0.383 e. The van der Waals surface area contributed by atoms with Crippen LogP contribution in [0.1, 0.15) is 22.8 Å². The third-order valence-electron chi connectivity index (χ3n) is 3.15. The molecule has 0 bridgehead atoms. The number of thiophene rings is 1. The predicted octanol–water partition coefficient (Wildman–Crippen LogP) is 2.66. The summed E-state index contributed by atoms with van der Waals surface area (Å²) < 4.78 is 1.05. The molecule has 3 aromatic rings. The van der Waals surface area contributed by atoms with Gasteiger partial charge >= 0.3 is 0 Å². The van der Waals surface area contributed by atoms with Crippen LogP contribution in [0, 0.1) is 6.92 Å². The highest BCUT2D eigenvalue weighted by molar-refractivity contribution is 7.17. The van der Waals surface area contributed by atoms with E-state index in [2.05, 4.69) is 9.97 Å². The Balaban J connectivity index is 2.10. The number of anilines is 1. The monoisotopic (exact) mass is 271 g/mol. The fourth-order valence-electron chi connectivity index (χ4n) is 2.12. The van der Waals surface area contributed by atoms with Gasteiger partial charge in [-0.15, -0.1) is 11.3 Å². The first kappa shape index (κ1) is 12.1. The van der Waals surface area contributed by atoms with Gasteiger partial charge in [-0.2, -0.15) is 0 Å². The van der Waals surface area contributed by atoms with Gasteiger partial charge < -0.3 is 10.8 Å². The van der Waals surface area contributed by atoms with Gasteiger partial charge in [-0.3, -0.25) is 4.98 Å². The standard InChI is InChI=1S/C14H13N3OS/c1-8-2-4-16-14(15)12(8)13(18)9-6-11-10(17-7-9)3-5-19-11/h2-7,13,18H,1H3,(H2,15,16). The molecule has 0 radical (unpaired) electrons. The highest BCUT2D eigenvalue weighted by Gasteiger charge is 2.17. The summed E-state index contributed by atoms with van der Waals surface area (Å²) in [5.41, 5.74) is 9.11. The molecule has 0 aromatic carbocycles. The Bertz CT molecular complexity index is 718. The van der Waals surface area contributed by atoms with E-state index < -0.39 is 6.10 Å². The fourth-order valence-corrected chi connectivity index (χ4v) is 2.91. The molecule has 3 heterocycles. The van der Waals surface area contributed by atoms with Gasteiger partial charge in [-0.05, 0) is 36.1 Å². The first-order valence-corrected chi connectivity index (χ1v) is 6.77. The van der Waals surface area contributed by atoms with Crippen LogP contribution < -0.4 is 5.73 Å². The molecule has 4 nitrogen and oxygen atoms in total. The maximum absolute atomic E-state index is 10.5. The molecule has 0 aliphatic rings. The van der Waals surface area contributed by atoms with Crippen molar-refractivity contribution in [2.24, 2.45) is 0 Å². The number of rotatable bonds is 2. The van der Waals surface area contributed by atoms with Crippen LogP contribution in [0.4, 0.5) is 5.82 Å². The highest BCUT2D eigenvalue weighted by Crippen LogP contribution is 2.30. The summed E-state index contributed by atoms with van der Waals surface area (Å²) in [5, 5.41) is 12.5. The van der Waals surface area contributed by atoms with Crippen molar-refractivity contribution in [3.8, 4) is 0 Å². The van der Waals surface area contributed by atoms with Crippen LogP contribution in [0.3, 0.4) is 0 Å². The van der Waals surface area contributed by atoms with E-state index in [9.17, 15) is 5.11 Å². The summed E-state index contributed by atoms with van der Waals surface area (Å²) in [7, 11) is 0. The number of aromatic nitrogens is 2.